The summed E-state index contributed by atoms with van der Waals surface area (Å²) in [5.41, 5.74) is 14.9. The van der Waals surface area contributed by atoms with Crippen LogP contribution in [0.5, 0.6) is 0 Å². The normalized spacial score (nSPS) is 12.5. The second kappa shape index (κ2) is 7.70. The molecule has 0 bridgehead atoms. The van der Waals surface area contributed by atoms with Crippen molar-refractivity contribution in [3.8, 4) is 0 Å². The van der Waals surface area contributed by atoms with Gasteiger partial charge in [0.05, 0.1) is 0 Å². The summed E-state index contributed by atoms with van der Waals surface area (Å²) in [6.45, 7) is 10.8. The van der Waals surface area contributed by atoms with Gasteiger partial charge in [-0.25, -0.2) is 4.98 Å². The molecule has 1 aromatic heterocycles. The lowest BCUT2D eigenvalue weighted by Gasteiger charge is -2.27. The Bertz CT molecular complexity index is 777. The van der Waals surface area contributed by atoms with Gasteiger partial charge >= 0.3 is 0 Å². The van der Waals surface area contributed by atoms with Gasteiger partial charge in [-0.3, -0.25) is 4.79 Å². The van der Waals surface area contributed by atoms with Gasteiger partial charge in [-0.05, 0) is 42.5 Å². The quantitative estimate of drug-likeness (QED) is 0.632. The van der Waals surface area contributed by atoms with E-state index in [0.717, 1.165) is 16.8 Å². The van der Waals surface area contributed by atoms with Gasteiger partial charge in [-0.15, -0.1) is 0 Å². The number of nitrogens with zero attached hydrogens (tertiary/aromatic N) is 2. The molecule has 0 aliphatic carbocycles. The van der Waals surface area contributed by atoms with Crippen LogP contribution in [0.2, 0.25) is 0 Å². The number of nitrogens with one attached hydrogen (secondary N) is 2. The summed E-state index contributed by atoms with van der Waals surface area (Å²) in [7, 11) is 0. The van der Waals surface area contributed by atoms with Crippen LogP contribution in [-0.4, -0.2) is 28.5 Å². The maximum Gasteiger partial charge on any atom is 0.254 e. The van der Waals surface area contributed by atoms with Crippen molar-refractivity contribution >= 4 is 23.4 Å². The summed E-state index contributed by atoms with van der Waals surface area (Å²) in [6, 6.07) is 5.95. The van der Waals surface area contributed by atoms with E-state index in [2.05, 4.69) is 47.4 Å². The van der Waals surface area contributed by atoms with Crippen LogP contribution in [0.4, 0.5) is 17.5 Å². The number of primary amides is 1. The smallest absolute Gasteiger partial charge is 0.254 e. The Kier molecular flexibility index (Phi) is 5.82. The number of amides is 1. The number of carbonyl (C=O) groups is 1. The lowest BCUT2D eigenvalue weighted by atomic mass is 9.87. The number of carbonyl (C=O) groups excluding carboxylic acids is 1. The van der Waals surface area contributed by atoms with Crippen LogP contribution in [0.15, 0.2) is 24.4 Å². The lowest BCUT2D eigenvalue weighted by molar-refractivity contribution is 0.100. The minimum absolute atomic E-state index is 0.0413. The fourth-order valence-corrected chi connectivity index (χ4v) is 2.43. The van der Waals surface area contributed by atoms with Crippen LogP contribution < -0.4 is 22.1 Å². The predicted octanol–water partition coefficient (Wildman–Crippen LogP) is 2.72. The number of rotatable bonds is 6. The molecule has 0 saturated heterocycles. The minimum Gasteiger partial charge on any atom is -0.365 e. The first-order valence-electron chi connectivity index (χ1n) is 8.58. The molecule has 0 unspecified atom stereocenters. The van der Waals surface area contributed by atoms with Crippen LogP contribution >= 0.6 is 0 Å². The summed E-state index contributed by atoms with van der Waals surface area (Å²) < 4.78 is 0. The second-order valence-electron chi connectivity index (χ2n) is 7.67. The second-order valence-corrected chi connectivity index (χ2v) is 7.67. The maximum atomic E-state index is 11.7. The van der Waals surface area contributed by atoms with Crippen LogP contribution in [0.3, 0.4) is 0 Å². The molecule has 0 aliphatic heterocycles. The van der Waals surface area contributed by atoms with E-state index < -0.39 is 5.91 Å². The van der Waals surface area contributed by atoms with E-state index in [1.54, 1.807) is 0 Å². The van der Waals surface area contributed by atoms with Crippen molar-refractivity contribution in [2.75, 3.05) is 17.2 Å². The van der Waals surface area contributed by atoms with Gasteiger partial charge in [-0.2, -0.15) is 4.98 Å². The number of hydrogen-bond donors (Lipinski definition) is 4. The average Bonchev–Trinajstić information content (AvgIpc) is 2.50. The van der Waals surface area contributed by atoms with Crippen LogP contribution in [0.25, 0.3) is 0 Å². The summed E-state index contributed by atoms with van der Waals surface area (Å²) in [6.07, 6.45) is 1.42. The molecule has 1 amide bonds. The number of aryl methyl sites for hydroxylation is 2. The van der Waals surface area contributed by atoms with E-state index >= 15 is 0 Å². The fraction of sp³-hybridized carbons (Fsp3) is 0.421. The van der Waals surface area contributed by atoms with E-state index in [1.807, 2.05) is 26.0 Å². The summed E-state index contributed by atoms with van der Waals surface area (Å²) >= 11 is 0. The third-order valence-corrected chi connectivity index (χ3v) is 4.13. The first-order valence-corrected chi connectivity index (χ1v) is 8.58. The molecule has 0 radical (unpaired) electrons. The molecule has 6 N–H and O–H groups in total. The molecule has 0 saturated carbocycles. The molecule has 7 heteroatoms. The van der Waals surface area contributed by atoms with Crippen LogP contribution in [0.1, 0.15) is 42.3 Å². The largest absolute Gasteiger partial charge is 0.365 e. The Morgan fingerprint density at radius 1 is 1.19 bits per heavy atom. The lowest BCUT2D eigenvalue weighted by Crippen LogP contribution is -2.41. The van der Waals surface area contributed by atoms with Crippen molar-refractivity contribution in [2.45, 2.75) is 40.7 Å². The molecule has 140 valence electrons. The van der Waals surface area contributed by atoms with Crippen molar-refractivity contribution in [2.24, 2.45) is 16.9 Å². The third-order valence-electron chi connectivity index (χ3n) is 4.13. The Labute approximate surface area is 154 Å². The Balaban J connectivity index is 2.26. The third kappa shape index (κ3) is 5.16. The first-order chi connectivity index (χ1) is 12.1. The molecule has 2 aromatic rings. The zero-order chi connectivity index (χ0) is 19.5. The van der Waals surface area contributed by atoms with Gasteiger partial charge in [0.25, 0.3) is 5.91 Å². The average molecular weight is 356 g/mol. The van der Waals surface area contributed by atoms with E-state index in [1.165, 1.54) is 6.20 Å². The standard InChI is InChI=1S/C19H28N6O/c1-11-6-12(2)8-13(7-11)24-17-14(16(21)26)9-22-18(25-17)23-10-15(20)19(3,4)5/h6-9,15H,10,20H2,1-5H3,(H2,21,26)(H2,22,23,24,25)/t15-/m1/s1. The fourth-order valence-electron chi connectivity index (χ4n) is 2.43. The highest BCUT2D eigenvalue weighted by Crippen LogP contribution is 2.22. The van der Waals surface area contributed by atoms with Gasteiger partial charge < -0.3 is 22.1 Å². The van der Waals surface area contributed by atoms with Gasteiger partial charge in [0.2, 0.25) is 5.95 Å². The number of aromatic nitrogens is 2. The number of anilines is 3. The van der Waals surface area contributed by atoms with E-state index in [9.17, 15) is 4.79 Å². The van der Waals surface area contributed by atoms with Crippen LogP contribution in [0, 0.1) is 19.3 Å². The molecule has 0 spiro atoms. The summed E-state index contributed by atoms with van der Waals surface area (Å²) in [4.78, 5) is 20.3. The molecule has 2 rings (SSSR count). The number of hydrogen-bond acceptors (Lipinski definition) is 6. The van der Waals surface area contributed by atoms with Gasteiger partial charge in [-0.1, -0.05) is 26.8 Å². The number of benzene rings is 1. The topological polar surface area (TPSA) is 119 Å². The zero-order valence-electron chi connectivity index (χ0n) is 16.1. The highest BCUT2D eigenvalue weighted by molar-refractivity contribution is 5.98. The molecule has 26 heavy (non-hydrogen) atoms. The summed E-state index contributed by atoms with van der Waals surface area (Å²) in [5.74, 6) is 0.167. The highest BCUT2D eigenvalue weighted by Gasteiger charge is 2.21. The highest BCUT2D eigenvalue weighted by atomic mass is 16.1. The first kappa shape index (κ1) is 19.7. The molecule has 0 aliphatic rings. The monoisotopic (exact) mass is 356 g/mol. The Morgan fingerprint density at radius 3 is 2.35 bits per heavy atom. The van der Waals surface area contributed by atoms with E-state index in [-0.39, 0.29) is 17.0 Å². The molecule has 0 fully saturated rings. The van der Waals surface area contributed by atoms with Gasteiger partial charge in [0, 0.05) is 24.5 Å². The molecule has 1 aromatic carbocycles. The molecular formula is C19H28N6O. The number of nitrogens with two attached hydrogens (primary N) is 2. The van der Waals surface area contributed by atoms with Crippen LogP contribution in [-0.2, 0) is 0 Å². The van der Waals surface area contributed by atoms with E-state index in [0.29, 0.717) is 18.3 Å². The maximum absolute atomic E-state index is 11.7. The van der Waals surface area contributed by atoms with E-state index in [4.69, 9.17) is 11.5 Å². The molecule has 1 heterocycles. The minimum atomic E-state index is -0.588. The van der Waals surface area contributed by atoms with Crippen molar-refractivity contribution in [1.82, 2.24) is 9.97 Å². The van der Waals surface area contributed by atoms with Gasteiger partial charge in [0.1, 0.15) is 11.4 Å². The SMILES string of the molecule is Cc1cc(C)cc(Nc2nc(NC[C@@H](N)C(C)(C)C)ncc2C(N)=O)c1. The van der Waals surface area contributed by atoms with Gasteiger partial charge in [0.15, 0.2) is 0 Å². The van der Waals surface area contributed by atoms with Crippen molar-refractivity contribution < 1.29 is 4.79 Å². The molecule has 7 nitrogen and oxygen atoms in total. The van der Waals surface area contributed by atoms with Crippen molar-refractivity contribution in [1.29, 1.82) is 0 Å². The Morgan fingerprint density at radius 2 is 1.81 bits per heavy atom. The van der Waals surface area contributed by atoms with Crippen molar-refractivity contribution in [3.05, 3.63) is 41.1 Å². The molecule has 1 atom stereocenters. The molecular weight excluding hydrogens is 328 g/mol. The predicted molar refractivity (Wildman–Crippen MR) is 106 cm³/mol. The Hall–Kier alpha value is -2.67. The van der Waals surface area contributed by atoms with Crippen molar-refractivity contribution in [3.63, 3.8) is 0 Å². The zero-order valence-corrected chi connectivity index (χ0v) is 16.1. The summed E-state index contributed by atoms with van der Waals surface area (Å²) in [5, 5.41) is 6.30.